The van der Waals surface area contributed by atoms with Gasteiger partial charge in [0.2, 0.25) is 0 Å². The molecular weight excluding hydrogens is 272 g/mol. The molecule has 0 aliphatic heterocycles. The Morgan fingerprint density at radius 2 is 1.83 bits per heavy atom. The van der Waals surface area contributed by atoms with Crippen molar-refractivity contribution in [2.45, 2.75) is 50.0 Å². The summed E-state index contributed by atoms with van der Waals surface area (Å²) >= 11 is 3.00. The normalized spacial score (nSPS) is 13.3. The zero-order valence-electron chi connectivity index (χ0n) is 11.1. The van der Waals surface area contributed by atoms with Gasteiger partial charge in [0.05, 0.1) is 0 Å². The lowest BCUT2D eigenvalue weighted by Crippen LogP contribution is -2.30. The van der Waals surface area contributed by atoms with Crippen LogP contribution in [-0.2, 0) is 9.59 Å². The molecule has 0 heterocycles. The number of aliphatic carboxylic acids is 2. The van der Waals surface area contributed by atoms with Crippen LogP contribution in [0.1, 0.15) is 40.0 Å². The van der Waals surface area contributed by atoms with Gasteiger partial charge in [-0.3, -0.25) is 4.79 Å². The second-order valence-electron chi connectivity index (χ2n) is 4.28. The molecule has 1 N–H and O–H groups in total. The molecule has 0 radical (unpaired) electrons. The maximum atomic E-state index is 10.8. The summed E-state index contributed by atoms with van der Waals surface area (Å²) in [7, 11) is 0. The molecule has 0 aromatic heterocycles. The van der Waals surface area contributed by atoms with Crippen molar-refractivity contribution in [1.29, 1.82) is 0 Å². The van der Waals surface area contributed by atoms with Crippen LogP contribution < -0.4 is 5.11 Å². The molecule has 0 fully saturated rings. The Morgan fingerprint density at radius 1 is 1.28 bits per heavy atom. The van der Waals surface area contributed by atoms with Crippen LogP contribution in [0.5, 0.6) is 0 Å². The van der Waals surface area contributed by atoms with Crippen molar-refractivity contribution in [1.82, 2.24) is 0 Å². The fourth-order valence-electron chi connectivity index (χ4n) is 1.30. The molecule has 106 valence electrons. The minimum absolute atomic E-state index is 0.230. The minimum Gasteiger partial charge on any atom is -0.550 e. The van der Waals surface area contributed by atoms with Crippen LogP contribution in [0.25, 0.3) is 0 Å². The Morgan fingerprint density at radius 3 is 2.22 bits per heavy atom. The molecule has 0 aromatic rings. The number of carboxylic acids is 2. The van der Waals surface area contributed by atoms with Crippen LogP contribution in [0.3, 0.4) is 0 Å². The number of carbonyl (C=O) groups is 2. The summed E-state index contributed by atoms with van der Waals surface area (Å²) in [5, 5.41) is 18.4. The summed E-state index contributed by atoms with van der Waals surface area (Å²) in [5.41, 5.74) is 0. The van der Waals surface area contributed by atoms with Crippen molar-refractivity contribution >= 4 is 35.5 Å². The molecule has 18 heavy (non-hydrogen) atoms. The van der Waals surface area contributed by atoms with Gasteiger partial charge in [-0.2, -0.15) is 11.8 Å². The molecule has 1 atom stereocenters. The van der Waals surface area contributed by atoms with Crippen molar-refractivity contribution in [3.05, 3.63) is 0 Å². The zero-order chi connectivity index (χ0) is 14.2. The second kappa shape index (κ2) is 8.69. The predicted molar refractivity (Wildman–Crippen MR) is 75.0 cm³/mol. The van der Waals surface area contributed by atoms with E-state index in [0.717, 1.165) is 18.6 Å². The molecule has 0 saturated carbocycles. The third-order valence-corrected chi connectivity index (χ3v) is 6.13. The molecule has 0 saturated heterocycles. The third kappa shape index (κ3) is 7.16. The zero-order valence-corrected chi connectivity index (χ0v) is 12.7. The molecule has 1 unspecified atom stereocenters. The summed E-state index contributed by atoms with van der Waals surface area (Å²) in [4.78, 5) is 21.2. The lowest BCUT2D eigenvalue weighted by atomic mass is 10.1. The van der Waals surface area contributed by atoms with Crippen molar-refractivity contribution in [2.24, 2.45) is 0 Å². The summed E-state index contributed by atoms with van der Waals surface area (Å²) in [6.07, 6.45) is 1.71. The first-order chi connectivity index (χ1) is 8.34. The van der Waals surface area contributed by atoms with E-state index in [-0.39, 0.29) is 4.75 Å². The predicted octanol–water partition coefficient (Wildman–Crippen LogP) is 1.62. The van der Waals surface area contributed by atoms with Gasteiger partial charge in [0.25, 0.3) is 0 Å². The van der Waals surface area contributed by atoms with E-state index in [1.165, 1.54) is 11.8 Å². The summed E-state index contributed by atoms with van der Waals surface area (Å²) < 4.78 is 0.230. The van der Waals surface area contributed by atoms with Crippen molar-refractivity contribution < 1.29 is 19.8 Å². The van der Waals surface area contributed by atoms with E-state index in [1.807, 2.05) is 11.8 Å². The molecule has 0 aliphatic rings. The summed E-state index contributed by atoms with van der Waals surface area (Å²) in [5.74, 6) is -0.915. The number of carboxylic acid groups (broad SMARTS) is 2. The van der Waals surface area contributed by atoms with E-state index in [1.54, 1.807) is 0 Å². The third-order valence-electron chi connectivity index (χ3n) is 2.98. The highest BCUT2D eigenvalue weighted by molar-refractivity contribution is 8.04. The van der Waals surface area contributed by atoms with Crippen LogP contribution in [0, 0.1) is 0 Å². The van der Waals surface area contributed by atoms with Crippen LogP contribution in [-0.4, -0.2) is 38.5 Å². The largest absolute Gasteiger partial charge is 0.550 e. The number of carbonyl (C=O) groups excluding carboxylic acids is 1. The van der Waals surface area contributed by atoms with E-state index in [2.05, 4.69) is 20.8 Å². The fourth-order valence-corrected chi connectivity index (χ4v) is 3.60. The van der Waals surface area contributed by atoms with Gasteiger partial charge in [-0.25, -0.2) is 0 Å². The number of rotatable bonds is 10. The van der Waals surface area contributed by atoms with Gasteiger partial charge >= 0.3 is 5.97 Å². The number of hydrogen-bond acceptors (Lipinski definition) is 5. The topological polar surface area (TPSA) is 77.4 Å². The quantitative estimate of drug-likeness (QED) is 0.617. The maximum absolute atomic E-state index is 10.8. The first kappa shape index (κ1) is 17.6. The molecule has 0 aromatic carbocycles. The molecule has 4 nitrogen and oxygen atoms in total. The number of hydrogen-bond donors (Lipinski definition) is 1. The van der Waals surface area contributed by atoms with Crippen molar-refractivity contribution in [3.8, 4) is 0 Å². The Labute approximate surface area is 117 Å². The highest BCUT2D eigenvalue weighted by atomic mass is 32.2. The van der Waals surface area contributed by atoms with Crippen LogP contribution in [0.2, 0.25) is 0 Å². The Balaban J connectivity index is 4.00. The smallest absolute Gasteiger partial charge is 0.317 e. The highest BCUT2D eigenvalue weighted by Crippen LogP contribution is 2.32. The van der Waals surface area contributed by atoms with Crippen molar-refractivity contribution in [3.63, 3.8) is 0 Å². The lowest BCUT2D eigenvalue weighted by Gasteiger charge is -2.26. The Bertz CT molecular complexity index is 277. The first-order valence-electron chi connectivity index (χ1n) is 6.02. The molecule has 0 bridgehead atoms. The van der Waals surface area contributed by atoms with E-state index >= 15 is 0 Å². The summed E-state index contributed by atoms with van der Waals surface area (Å²) in [6.45, 7) is 6.47. The average molecular weight is 293 g/mol. The van der Waals surface area contributed by atoms with Gasteiger partial charge in [-0.1, -0.05) is 20.8 Å². The van der Waals surface area contributed by atoms with Crippen LogP contribution in [0.4, 0.5) is 0 Å². The van der Waals surface area contributed by atoms with E-state index < -0.39 is 23.6 Å². The monoisotopic (exact) mass is 293 g/mol. The van der Waals surface area contributed by atoms with Crippen molar-refractivity contribution in [2.75, 3.05) is 11.5 Å². The van der Waals surface area contributed by atoms with E-state index in [4.69, 9.17) is 5.11 Å². The van der Waals surface area contributed by atoms with Crippen LogP contribution >= 0.6 is 23.5 Å². The standard InChI is InChI=1S/C12H22O4S2/c1-4-12(3,5-2)18-7-6-17-9(11(15)16)8-10(13)14/h9H,4-8H2,1-3H3,(H,13,14)(H,15,16)/p-1. The molecule has 0 amide bonds. The first-order valence-corrected chi connectivity index (χ1v) is 8.06. The molecule has 0 spiro atoms. The number of thioether (sulfide) groups is 2. The molecule has 0 aliphatic carbocycles. The van der Waals surface area contributed by atoms with Gasteiger partial charge in [-0.05, 0) is 12.8 Å². The van der Waals surface area contributed by atoms with Crippen LogP contribution in [0.15, 0.2) is 0 Å². The van der Waals surface area contributed by atoms with E-state index in [9.17, 15) is 14.7 Å². The van der Waals surface area contributed by atoms with Gasteiger partial charge < -0.3 is 15.0 Å². The van der Waals surface area contributed by atoms with Gasteiger partial charge in [-0.15, -0.1) is 11.8 Å². The van der Waals surface area contributed by atoms with Gasteiger partial charge in [0.15, 0.2) is 0 Å². The Hall–Kier alpha value is -0.360. The maximum Gasteiger partial charge on any atom is 0.317 e. The fraction of sp³-hybridized carbons (Fsp3) is 0.833. The minimum atomic E-state index is -1.31. The highest BCUT2D eigenvalue weighted by Gasteiger charge is 2.21. The SMILES string of the molecule is CCC(C)(CC)SCCSC(CC(=O)[O-])C(=O)O. The Kier molecular flexibility index (Phi) is 8.52. The average Bonchev–Trinajstić information content (AvgIpc) is 2.32. The van der Waals surface area contributed by atoms with E-state index in [0.29, 0.717) is 5.75 Å². The lowest BCUT2D eigenvalue weighted by molar-refractivity contribution is -0.305. The molecular formula is C12H21O4S2-. The molecule has 0 rings (SSSR count). The van der Waals surface area contributed by atoms with Gasteiger partial charge in [0.1, 0.15) is 5.25 Å². The molecule has 6 heteroatoms. The van der Waals surface area contributed by atoms with Gasteiger partial charge in [0, 0.05) is 28.6 Å². The second-order valence-corrected chi connectivity index (χ2v) is 7.27. The summed E-state index contributed by atoms with van der Waals surface area (Å²) in [6, 6.07) is 0.